The second kappa shape index (κ2) is 5.05. The standard InChI is InChI=1S/C13H20N2O2/c1-17-12(16)10-3-5-11(6-4-10)15-13(9-14)7-2-8-13/h10-11,15H,2-8H2,1H3. The molecule has 2 aliphatic rings. The van der Waals surface area contributed by atoms with Crippen LogP contribution in [0.2, 0.25) is 0 Å². The van der Waals surface area contributed by atoms with Crippen molar-refractivity contribution in [3.63, 3.8) is 0 Å². The summed E-state index contributed by atoms with van der Waals surface area (Å²) in [7, 11) is 1.45. The highest BCUT2D eigenvalue weighted by molar-refractivity contribution is 5.72. The summed E-state index contributed by atoms with van der Waals surface area (Å²) in [6, 6.07) is 2.80. The van der Waals surface area contributed by atoms with E-state index in [1.54, 1.807) is 0 Å². The number of nitrogens with one attached hydrogen (secondary N) is 1. The number of rotatable bonds is 3. The van der Waals surface area contributed by atoms with Gasteiger partial charge in [0.05, 0.1) is 19.1 Å². The van der Waals surface area contributed by atoms with Crippen LogP contribution >= 0.6 is 0 Å². The lowest BCUT2D eigenvalue weighted by Crippen LogP contribution is -2.54. The van der Waals surface area contributed by atoms with E-state index in [4.69, 9.17) is 10.00 Å². The van der Waals surface area contributed by atoms with Gasteiger partial charge in [-0.2, -0.15) is 5.26 Å². The van der Waals surface area contributed by atoms with Crippen molar-refractivity contribution < 1.29 is 9.53 Å². The minimum absolute atomic E-state index is 0.0671. The maximum atomic E-state index is 11.4. The van der Waals surface area contributed by atoms with Crippen molar-refractivity contribution >= 4 is 5.97 Å². The van der Waals surface area contributed by atoms with Crippen LogP contribution in [0.3, 0.4) is 0 Å². The Bertz CT molecular complexity index is 323. The van der Waals surface area contributed by atoms with Gasteiger partial charge in [-0.15, -0.1) is 0 Å². The predicted molar refractivity (Wildman–Crippen MR) is 63.1 cm³/mol. The Morgan fingerprint density at radius 3 is 2.41 bits per heavy atom. The highest BCUT2D eigenvalue weighted by atomic mass is 16.5. The van der Waals surface area contributed by atoms with E-state index < -0.39 is 0 Å². The molecule has 0 amide bonds. The summed E-state index contributed by atoms with van der Waals surface area (Å²) in [4.78, 5) is 11.4. The van der Waals surface area contributed by atoms with Crippen molar-refractivity contribution in [1.82, 2.24) is 5.32 Å². The molecule has 2 rings (SSSR count). The predicted octanol–water partition coefficient (Wildman–Crippen LogP) is 1.75. The van der Waals surface area contributed by atoms with Crippen molar-refractivity contribution in [2.24, 2.45) is 5.92 Å². The molecule has 94 valence electrons. The number of ether oxygens (including phenoxy) is 1. The highest BCUT2D eigenvalue weighted by Crippen LogP contribution is 2.34. The molecule has 0 heterocycles. The molecule has 0 aromatic rings. The monoisotopic (exact) mass is 236 g/mol. The first-order valence-electron chi connectivity index (χ1n) is 6.46. The summed E-state index contributed by atoms with van der Waals surface area (Å²) in [6.07, 6.45) is 6.81. The normalized spacial score (nSPS) is 31.1. The van der Waals surface area contributed by atoms with E-state index in [0.717, 1.165) is 44.9 Å². The number of nitrogens with zero attached hydrogens (tertiary/aromatic N) is 1. The zero-order valence-corrected chi connectivity index (χ0v) is 10.4. The molecule has 4 heteroatoms. The fraction of sp³-hybridized carbons (Fsp3) is 0.846. The molecule has 0 atom stereocenters. The number of nitriles is 1. The van der Waals surface area contributed by atoms with Crippen molar-refractivity contribution in [3.8, 4) is 6.07 Å². The van der Waals surface area contributed by atoms with Gasteiger partial charge < -0.3 is 4.74 Å². The number of methoxy groups -OCH3 is 1. The topological polar surface area (TPSA) is 62.1 Å². The van der Waals surface area contributed by atoms with E-state index in [2.05, 4.69) is 11.4 Å². The van der Waals surface area contributed by atoms with Gasteiger partial charge in [-0.1, -0.05) is 0 Å². The van der Waals surface area contributed by atoms with Crippen LogP contribution in [-0.4, -0.2) is 24.7 Å². The van der Waals surface area contributed by atoms with Crippen LogP contribution in [0.1, 0.15) is 44.9 Å². The van der Waals surface area contributed by atoms with Gasteiger partial charge in [0.15, 0.2) is 0 Å². The third-order valence-corrected chi connectivity index (χ3v) is 4.16. The molecule has 1 N–H and O–H groups in total. The Morgan fingerprint density at radius 1 is 1.35 bits per heavy atom. The van der Waals surface area contributed by atoms with Gasteiger partial charge in [0.1, 0.15) is 5.54 Å². The Hall–Kier alpha value is -1.08. The summed E-state index contributed by atoms with van der Waals surface area (Å²) >= 11 is 0. The fourth-order valence-corrected chi connectivity index (χ4v) is 2.85. The number of carbonyl (C=O) groups excluding carboxylic acids is 1. The molecule has 0 saturated heterocycles. The molecule has 0 bridgehead atoms. The van der Waals surface area contributed by atoms with Crippen LogP contribution in [0.4, 0.5) is 0 Å². The Kier molecular flexibility index (Phi) is 3.68. The minimum Gasteiger partial charge on any atom is -0.469 e. The van der Waals surface area contributed by atoms with E-state index in [0.29, 0.717) is 6.04 Å². The average molecular weight is 236 g/mol. The summed E-state index contributed by atoms with van der Waals surface area (Å²) in [6.45, 7) is 0. The van der Waals surface area contributed by atoms with Gasteiger partial charge >= 0.3 is 5.97 Å². The van der Waals surface area contributed by atoms with E-state index >= 15 is 0 Å². The van der Waals surface area contributed by atoms with E-state index in [1.165, 1.54) is 7.11 Å². The van der Waals surface area contributed by atoms with E-state index in [1.807, 2.05) is 0 Å². The molecule has 2 saturated carbocycles. The van der Waals surface area contributed by atoms with Gasteiger partial charge in [-0.25, -0.2) is 0 Å². The third kappa shape index (κ3) is 2.61. The summed E-state index contributed by atoms with van der Waals surface area (Å²) in [5.74, 6) is -0.0143. The molecule has 0 spiro atoms. The Labute approximate surface area is 102 Å². The molecule has 2 fully saturated rings. The van der Waals surface area contributed by atoms with Crippen LogP contribution in [-0.2, 0) is 9.53 Å². The Morgan fingerprint density at radius 2 is 2.00 bits per heavy atom. The molecular formula is C13H20N2O2. The zero-order valence-electron chi connectivity index (χ0n) is 10.4. The smallest absolute Gasteiger partial charge is 0.308 e. The summed E-state index contributed by atoms with van der Waals surface area (Å²) in [5.41, 5.74) is -0.261. The van der Waals surface area contributed by atoms with Gasteiger partial charge in [-0.05, 0) is 44.9 Å². The highest BCUT2D eigenvalue weighted by Gasteiger charge is 2.39. The van der Waals surface area contributed by atoms with Crippen molar-refractivity contribution in [2.45, 2.75) is 56.5 Å². The third-order valence-electron chi connectivity index (χ3n) is 4.16. The molecule has 0 radical (unpaired) electrons. The second-order valence-electron chi connectivity index (χ2n) is 5.26. The van der Waals surface area contributed by atoms with Gasteiger partial charge in [0.25, 0.3) is 0 Å². The molecule has 17 heavy (non-hydrogen) atoms. The van der Waals surface area contributed by atoms with Crippen molar-refractivity contribution in [2.75, 3.05) is 7.11 Å². The first kappa shape index (κ1) is 12.4. The van der Waals surface area contributed by atoms with Crippen LogP contribution in [0.25, 0.3) is 0 Å². The molecular weight excluding hydrogens is 216 g/mol. The van der Waals surface area contributed by atoms with Crippen LogP contribution < -0.4 is 5.32 Å². The lowest BCUT2D eigenvalue weighted by molar-refractivity contribution is -0.146. The number of esters is 1. The maximum absolute atomic E-state index is 11.4. The average Bonchev–Trinajstić information content (AvgIpc) is 2.33. The first-order chi connectivity index (χ1) is 8.19. The van der Waals surface area contributed by atoms with Crippen LogP contribution in [0, 0.1) is 17.2 Å². The molecule has 0 aliphatic heterocycles. The summed E-state index contributed by atoms with van der Waals surface area (Å²) in [5, 5.41) is 12.6. The van der Waals surface area contributed by atoms with E-state index in [9.17, 15) is 4.79 Å². The quantitative estimate of drug-likeness (QED) is 0.758. The van der Waals surface area contributed by atoms with E-state index in [-0.39, 0.29) is 17.4 Å². The SMILES string of the molecule is COC(=O)C1CCC(NC2(C#N)CCC2)CC1. The number of carbonyl (C=O) groups is 1. The van der Waals surface area contributed by atoms with Crippen LogP contribution in [0.15, 0.2) is 0 Å². The molecule has 4 nitrogen and oxygen atoms in total. The fourth-order valence-electron chi connectivity index (χ4n) is 2.85. The lowest BCUT2D eigenvalue weighted by Gasteiger charge is -2.41. The zero-order chi connectivity index (χ0) is 12.3. The summed E-state index contributed by atoms with van der Waals surface area (Å²) < 4.78 is 4.77. The number of hydrogen-bond acceptors (Lipinski definition) is 4. The largest absolute Gasteiger partial charge is 0.469 e. The second-order valence-corrected chi connectivity index (χ2v) is 5.26. The molecule has 0 aromatic heterocycles. The van der Waals surface area contributed by atoms with Crippen LogP contribution in [0.5, 0.6) is 0 Å². The molecule has 2 aliphatic carbocycles. The number of hydrogen-bond donors (Lipinski definition) is 1. The lowest BCUT2D eigenvalue weighted by atomic mass is 9.76. The van der Waals surface area contributed by atoms with Crippen molar-refractivity contribution in [3.05, 3.63) is 0 Å². The maximum Gasteiger partial charge on any atom is 0.308 e. The molecule has 0 unspecified atom stereocenters. The van der Waals surface area contributed by atoms with Gasteiger partial charge in [-0.3, -0.25) is 10.1 Å². The minimum atomic E-state index is -0.261. The molecule has 0 aromatic carbocycles. The van der Waals surface area contributed by atoms with Gasteiger partial charge in [0.2, 0.25) is 0 Å². The Balaban J connectivity index is 1.80. The van der Waals surface area contributed by atoms with Gasteiger partial charge in [0, 0.05) is 6.04 Å². The first-order valence-corrected chi connectivity index (χ1v) is 6.46. The van der Waals surface area contributed by atoms with Crippen molar-refractivity contribution in [1.29, 1.82) is 5.26 Å².